The molecule has 0 spiro atoms. The average Bonchev–Trinajstić information content (AvgIpc) is 2.09. The molecule has 0 aromatic heterocycles. The van der Waals surface area contributed by atoms with Gasteiger partial charge in [0.1, 0.15) is 6.54 Å². The number of rotatable bonds is 2. The summed E-state index contributed by atoms with van der Waals surface area (Å²) >= 11 is 0. The van der Waals surface area contributed by atoms with E-state index in [1.165, 1.54) is 0 Å². The Kier molecular flexibility index (Phi) is 1.89. The molecule has 1 aliphatic rings. The van der Waals surface area contributed by atoms with E-state index in [0.717, 1.165) is 5.01 Å². The summed E-state index contributed by atoms with van der Waals surface area (Å²) in [4.78, 5) is 21.0. The quantitative estimate of drug-likeness (QED) is 0.595. The summed E-state index contributed by atoms with van der Waals surface area (Å²) in [5.74, 6) is -1.29. The zero-order chi connectivity index (χ0) is 8.43. The molecule has 1 N–H and O–H groups in total. The number of hydrazone groups is 1. The fourth-order valence-corrected chi connectivity index (χ4v) is 0.859. The predicted molar refractivity (Wildman–Crippen MR) is 37.1 cm³/mol. The first-order valence-corrected chi connectivity index (χ1v) is 3.16. The highest BCUT2D eigenvalue weighted by Gasteiger charge is 2.22. The molecule has 11 heavy (non-hydrogen) atoms. The van der Waals surface area contributed by atoms with Crippen molar-refractivity contribution in [2.24, 2.45) is 5.10 Å². The van der Waals surface area contributed by atoms with E-state index in [0.29, 0.717) is 5.71 Å². The normalized spacial score (nSPS) is 17.0. The Hall–Kier alpha value is -1.39. The molecule has 0 aromatic carbocycles. The lowest BCUT2D eigenvalue weighted by Crippen LogP contribution is -2.27. The first-order chi connectivity index (χ1) is 5.09. The van der Waals surface area contributed by atoms with Crippen molar-refractivity contribution in [1.29, 1.82) is 0 Å². The van der Waals surface area contributed by atoms with Crippen molar-refractivity contribution in [2.75, 3.05) is 6.54 Å². The molecule has 0 bridgehead atoms. The topological polar surface area (TPSA) is 70.0 Å². The molecule has 0 atom stereocenters. The van der Waals surface area contributed by atoms with Crippen LogP contribution in [0.2, 0.25) is 0 Å². The standard InChI is InChI=1S/C6H8N2O3/c1-4-2-5(9)8(7-4)3-6(10)11/h2-3H2,1H3,(H,10,11). The van der Waals surface area contributed by atoms with Crippen LogP contribution in [-0.2, 0) is 9.59 Å². The Morgan fingerprint density at radius 3 is 2.82 bits per heavy atom. The molecule has 5 nitrogen and oxygen atoms in total. The van der Waals surface area contributed by atoms with Crippen molar-refractivity contribution in [1.82, 2.24) is 5.01 Å². The van der Waals surface area contributed by atoms with Crippen LogP contribution in [0.15, 0.2) is 5.10 Å². The van der Waals surface area contributed by atoms with Gasteiger partial charge in [-0.1, -0.05) is 0 Å². The zero-order valence-electron chi connectivity index (χ0n) is 6.07. The van der Waals surface area contributed by atoms with Crippen LogP contribution in [0.5, 0.6) is 0 Å². The average molecular weight is 156 g/mol. The summed E-state index contributed by atoms with van der Waals surface area (Å²) in [6.07, 6.45) is 0.243. The van der Waals surface area contributed by atoms with Gasteiger partial charge in [0.15, 0.2) is 0 Å². The van der Waals surface area contributed by atoms with Gasteiger partial charge in [-0.3, -0.25) is 9.59 Å². The van der Waals surface area contributed by atoms with E-state index in [9.17, 15) is 9.59 Å². The van der Waals surface area contributed by atoms with Crippen LogP contribution in [0.4, 0.5) is 0 Å². The first-order valence-electron chi connectivity index (χ1n) is 3.16. The Morgan fingerprint density at radius 1 is 1.82 bits per heavy atom. The van der Waals surface area contributed by atoms with Gasteiger partial charge < -0.3 is 5.11 Å². The predicted octanol–water partition coefficient (Wildman–Crippen LogP) is -0.321. The second kappa shape index (κ2) is 2.69. The second-order valence-electron chi connectivity index (χ2n) is 2.36. The van der Waals surface area contributed by atoms with Crippen LogP contribution in [0.3, 0.4) is 0 Å². The lowest BCUT2D eigenvalue weighted by Gasteiger charge is -2.06. The van der Waals surface area contributed by atoms with E-state index in [2.05, 4.69) is 5.10 Å². The van der Waals surface area contributed by atoms with Crippen molar-refractivity contribution in [2.45, 2.75) is 13.3 Å². The number of amides is 1. The van der Waals surface area contributed by atoms with Gasteiger partial charge in [-0.05, 0) is 6.92 Å². The largest absolute Gasteiger partial charge is 0.480 e. The molecule has 60 valence electrons. The highest BCUT2D eigenvalue weighted by atomic mass is 16.4. The van der Waals surface area contributed by atoms with Gasteiger partial charge in [0.25, 0.3) is 0 Å². The molecule has 0 fully saturated rings. The van der Waals surface area contributed by atoms with Crippen molar-refractivity contribution in [3.05, 3.63) is 0 Å². The van der Waals surface area contributed by atoms with Crippen LogP contribution in [-0.4, -0.2) is 34.2 Å². The van der Waals surface area contributed by atoms with Gasteiger partial charge in [-0.15, -0.1) is 0 Å². The lowest BCUT2D eigenvalue weighted by molar-refractivity contribution is -0.143. The Morgan fingerprint density at radius 2 is 2.45 bits per heavy atom. The number of aliphatic carboxylic acids is 1. The molecule has 0 saturated heterocycles. The van der Waals surface area contributed by atoms with Crippen molar-refractivity contribution < 1.29 is 14.7 Å². The molecule has 0 unspecified atom stereocenters. The Labute approximate surface area is 63.3 Å². The molecule has 0 saturated carbocycles. The van der Waals surface area contributed by atoms with Crippen LogP contribution in [0.1, 0.15) is 13.3 Å². The summed E-state index contributed by atoms with van der Waals surface area (Å²) in [6.45, 7) is 1.36. The third-order valence-electron chi connectivity index (χ3n) is 1.27. The van der Waals surface area contributed by atoms with Crippen molar-refractivity contribution in [3.63, 3.8) is 0 Å². The molecule has 1 rings (SSSR count). The van der Waals surface area contributed by atoms with Crippen LogP contribution in [0, 0.1) is 0 Å². The summed E-state index contributed by atoms with van der Waals surface area (Å²) in [7, 11) is 0. The van der Waals surface area contributed by atoms with E-state index >= 15 is 0 Å². The summed E-state index contributed by atoms with van der Waals surface area (Å²) in [5, 5.41) is 13.0. The third kappa shape index (κ3) is 1.76. The van der Waals surface area contributed by atoms with Gasteiger partial charge >= 0.3 is 5.97 Å². The molecule has 0 radical (unpaired) electrons. The van der Waals surface area contributed by atoms with E-state index in [-0.39, 0.29) is 18.9 Å². The number of nitrogens with zero attached hydrogens (tertiary/aromatic N) is 2. The Bertz CT molecular complexity index is 234. The summed E-state index contributed by atoms with van der Waals surface area (Å²) < 4.78 is 0. The molecular weight excluding hydrogens is 148 g/mol. The summed E-state index contributed by atoms with van der Waals surface area (Å²) in [5.41, 5.74) is 0.663. The fourth-order valence-electron chi connectivity index (χ4n) is 0.859. The van der Waals surface area contributed by atoms with E-state index in [4.69, 9.17) is 5.11 Å². The maximum atomic E-state index is 10.9. The van der Waals surface area contributed by atoms with Gasteiger partial charge in [-0.2, -0.15) is 5.10 Å². The second-order valence-corrected chi connectivity index (χ2v) is 2.36. The monoisotopic (exact) mass is 156 g/mol. The van der Waals surface area contributed by atoms with Gasteiger partial charge in [-0.25, -0.2) is 5.01 Å². The maximum absolute atomic E-state index is 10.9. The fraction of sp³-hybridized carbons (Fsp3) is 0.500. The number of hydrogen-bond acceptors (Lipinski definition) is 3. The maximum Gasteiger partial charge on any atom is 0.325 e. The van der Waals surface area contributed by atoms with Crippen molar-refractivity contribution >= 4 is 17.6 Å². The molecule has 1 heterocycles. The molecule has 1 aliphatic heterocycles. The lowest BCUT2D eigenvalue weighted by atomic mass is 10.3. The van der Waals surface area contributed by atoms with Crippen molar-refractivity contribution in [3.8, 4) is 0 Å². The molecule has 0 aliphatic carbocycles. The van der Waals surface area contributed by atoms with E-state index < -0.39 is 5.97 Å². The Balaban J connectivity index is 2.59. The highest BCUT2D eigenvalue weighted by molar-refractivity contribution is 6.04. The first kappa shape index (κ1) is 7.71. The minimum Gasteiger partial charge on any atom is -0.480 e. The SMILES string of the molecule is CC1=NN(CC(=O)O)C(=O)C1. The summed E-state index contributed by atoms with van der Waals surface area (Å²) in [6, 6.07) is 0. The van der Waals surface area contributed by atoms with Crippen LogP contribution >= 0.6 is 0 Å². The minimum absolute atomic E-state index is 0.243. The highest BCUT2D eigenvalue weighted by Crippen LogP contribution is 2.06. The van der Waals surface area contributed by atoms with Gasteiger partial charge in [0.2, 0.25) is 5.91 Å². The number of carboxylic acids is 1. The van der Waals surface area contributed by atoms with Crippen LogP contribution in [0.25, 0.3) is 0 Å². The molecule has 1 amide bonds. The number of carbonyl (C=O) groups excluding carboxylic acids is 1. The number of hydrogen-bond donors (Lipinski definition) is 1. The zero-order valence-corrected chi connectivity index (χ0v) is 6.07. The van der Waals surface area contributed by atoms with Gasteiger partial charge in [0, 0.05) is 5.71 Å². The number of carbonyl (C=O) groups is 2. The van der Waals surface area contributed by atoms with E-state index in [1.54, 1.807) is 6.92 Å². The smallest absolute Gasteiger partial charge is 0.325 e. The molecule has 5 heteroatoms. The minimum atomic E-state index is -1.04. The molecule has 0 aromatic rings. The van der Waals surface area contributed by atoms with Crippen LogP contribution < -0.4 is 0 Å². The molecular formula is C6H8N2O3. The van der Waals surface area contributed by atoms with E-state index in [1.807, 2.05) is 0 Å². The number of carboxylic acid groups (broad SMARTS) is 1. The van der Waals surface area contributed by atoms with Gasteiger partial charge in [0.05, 0.1) is 6.42 Å². The third-order valence-corrected chi connectivity index (χ3v) is 1.27.